The van der Waals surface area contributed by atoms with Gasteiger partial charge in [-0.2, -0.15) is 0 Å². The lowest BCUT2D eigenvalue weighted by atomic mass is 10.1. The molecule has 1 aromatic heterocycles. The maximum Gasteiger partial charge on any atom is 0.113 e. The summed E-state index contributed by atoms with van der Waals surface area (Å²) in [4.78, 5) is 4.75. The number of rotatable bonds is 0. The van der Waals surface area contributed by atoms with Crippen molar-refractivity contribution in [2.75, 3.05) is 0 Å². The van der Waals surface area contributed by atoms with Crippen molar-refractivity contribution in [1.82, 2.24) is 9.55 Å². The quantitative estimate of drug-likeness (QED) is 0.675. The second-order valence-electron chi connectivity index (χ2n) is 5.12. The predicted molar refractivity (Wildman–Crippen MR) is 65.1 cm³/mol. The van der Waals surface area contributed by atoms with Crippen LogP contribution in [0.25, 0.3) is 11.0 Å². The zero-order valence-corrected chi connectivity index (χ0v) is 9.96. The Hall–Kier alpha value is -1.02. The Balaban J connectivity index is 2.12. The topological polar surface area (TPSA) is 17.8 Å². The Morgan fingerprint density at radius 2 is 2.25 bits per heavy atom. The number of benzene rings is 1. The number of hydrogen-bond donors (Lipinski definition) is 0. The fourth-order valence-corrected chi connectivity index (χ4v) is 3.71. The molecule has 0 radical (unpaired) electrons. The highest BCUT2D eigenvalue weighted by atomic mass is 35.5. The van der Waals surface area contributed by atoms with Crippen molar-refractivity contribution in [2.24, 2.45) is 0 Å². The van der Waals surface area contributed by atoms with Gasteiger partial charge in [-0.25, -0.2) is 4.98 Å². The molecule has 2 heterocycles. The van der Waals surface area contributed by atoms with Crippen molar-refractivity contribution in [3.63, 3.8) is 0 Å². The first-order chi connectivity index (χ1) is 7.74. The summed E-state index contributed by atoms with van der Waals surface area (Å²) in [6, 6.07) is 4.91. The van der Waals surface area contributed by atoms with Crippen LogP contribution in [0.4, 0.5) is 0 Å². The zero-order chi connectivity index (χ0) is 10.9. The van der Waals surface area contributed by atoms with Crippen LogP contribution in [0.5, 0.6) is 0 Å². The molecular formula is C13H13ClN2. The van der Waals surface area contributed by atoms with Gasteiger partial charge in [-0.05, 0) is 43.9 Å². The summed E-state index contributed by atoms with van der Waals surface area (Å²) in [5, 5.41) is 0.802. The third-order valence-electron chi connectivity index (χ3n) is 4.06. The van der Waals surface area contributed by atoms with E-state index in [2.05, 4.69) is 17.6 Å². The van der Waals surface area contributed by atoms with Gasteiger partial charge in [-0.15, -0.1) is 0 Å². The lowest BCUT2D eigenvalue weighted by molar-refractivity contribution is 0.539. The molecule has 2 atom stereocenters. The average Bonchev–Trinajstić information content (AvgIpc) is 2.86. The molecular weight excluding hydrogens is 220 g/mol. The van der Waals surface area contributed by atoms with Crippen LogP contribution in [0.1, 0.15) is 42.6 Å². The number of aryl methyl sites for hydroxylation is 1. The number of nitrogens with zero attached hydrogens (tertiary/aromatic N) is 2. The molecule has 1 saturated carbocycles. The minimum Gasteiger partial charge on any atom is -0.325 e. The Kier molecular flexibility index (Phi) is 1.59. The Bertz CT molecular complexity index is 599. The number of halogens is 1. The molecule has 0 amide bonds. The lowest BCUT2D eigenvalue weighted by Crippen LogP contribution is -2.05. The van der Waals surface area contributed by atoms with Crippen LogP contribution >= 0.6 is 11.6 Å². The van der Waals surface area contributed by atoms with E-state index in [1.165, 1.54) is 36.2 Å². The highest BCUT2D eigenvalue weighted by molar-refractivity contribution is 6.35. The van der Waals surface area contributed by atoms with E-state index in [-0.39, 0.29) is 0 Å². The van der Waals surface area contributed by atoms with Gasteiger partial charge in [-0.3, -0.25) is 0 Å². The van der Waals surface area contributed by atoms with Crippen molar-refractivity contribution in [3.05, 3.63) is 28.5 Å². The molecule has 2 bridgehead atoms. The van der Waals surface area contributed by atoms with Crippen molar-refractivity contribution in [3.8, 4) is 0 Å². The van der Waals surface area contributed by atoms with Crippen LogP contribution < -0.4 is 0 Å². The first-order valence-corrected chi connectivity index (χ1v) is 6.30. The smallest absolute Gasteiger partial charge is 0.113 e. The number of imidazole rings is 1. The van der Waals surface area contributed by atoms with E-state index >= 15 is 0 Å². The van der Waals surface area contributed by atoms with Crippen LogP contribution in [-0.2, 0) is 0 Å². The largest absolute Gasteiger partial charge is 0.325 e. The van der Waals surface area contributed by atoms with Gasteiger partial charge in [0.15, 0.2) is 0 Å². The van der Waals surface area contributed by atoms with Gasteiger partial charge in [0.2, 0.25) is 0 Å². The van der Waals surface area contributed by atoms with Crippen LogP contribution in [0.2, 0.25) is 5.02 Å². The monoisotopic (exact) mass is 232 g/mol. The molecule has 0 N–H and O–H groups in total. The van der Waals surface area contributed by atoms with E-state index in [0.717, 1.165) is 10.5 Å². The van der Waals surface area contributed by atoms with Gasteiger partial charge in [0.1, 0.15) is 11.3 Å². The molecule has 82 valence electrons. The van der Waals surface area contributed by atoms with Gasteiger partial charge in [0.25, 0.3) is 0 Å². The molecule has 4 rings (SSSR count). The van der Waals surface area contributed by atoms with Crippen LogP contribution in [0, 0.1) is 6.92 Å². The fourth-order valence-electron chi connectivity index (χ4n) is 3.40. The number of fused-ring (bicyclic) bond motifs is 7. The molecule has 0 spiro atoms. The molecule has 1 aliphatic heterocycles. The third kappa shape index (κ3) is 0.963. The molecule has 1 fully saturated rings. The van der Waals surface area contributed by atoms with Gasteiger partial charge in [0, 0.05) is 12.0 Å². The molecule has 16 heavy (non-hydrogen) atoms. The van der Waals surface area contributed by atoms with Crippen molar-refractivity contribution >= 4 is 22.6 Å². The van der Waals surface area contributed by atoms with E-state index in [4.69, 9.17) is 16.6 Å². The summed E-state index contributed by atoms with van der Waals surface area (Å²) in [6.07, 6.45) is 3.92. The highest BCUT2D eigenvalue weighted by Gasteiger charge is 2.39. The average molecular weight is 233 g/mol. The summed E-state index contributed by atoms with van der Waals surface area (Å²) in [6.45, 7) is 2.10. The van der Waals surface area contributed by atoms with Crippen LogP contribution in [0.3, 0.4) is 0 Å². The van der Waals surface area contributed by atoms with E-state index in [1.54, 1.807) is 0 Å². The molecule has 1 aliphatic carbocycles. The first-order valence-electron chi connectivity index (χ1n) is 5.92. The third-order valence-corrected chi connectivity index (χ3v) is 4.34. The van der Waals surface area contributed by atoms with E-state index in [1.807, 2.05) is 6.07 Å². The molecule has 2 aliphatic rings. The Morgan fingerprint density at radius 1 is 1.38 bits per heavy atom. The van der Waals surface area contributed by atoms with E-state index in [0.29, 0.717) is 12.0 Å². The summed E-state index contributed by atoms with van der Waals surface area (Å²) < 4.78 is 2.43. The summed E-state index contributed by atoms with van der Waals surface area (Å²) in [5.41, 5.74) is 3.47. The second kappa shape index (κ2) is 2.80. The van der Waals surface area contributed by atoms with Gasteiger partial charge in [0.05, 0.1) is 10.5 Å². The SMILES string of the molecule is Cc1cc(Cl)c2nc3n(c2c1)[C@H]1CC[C@@H]3C1. The van der Waals surface area contributed by atoms with Crippen molar-refractivity contribution in [2.45, 2.75) is 38.1 Å². The first kappa shape index (κ1) is 9.06. The molecule has 2 aromatic rings. The normalized spacial score (nSPS) is 26.6. The molecule has 0 unspecified atom stereocenters. The fraction of sp³-hybridized carbons (Fsp3) is 0.462. The maximum absolute atomic E-state index is 6.27. The second-order valence-corrected chi connectivity index (χ2v) is 5.53. The van der Waals surface area contributed by atoms with E-state index in [9.17, 15) is 0 Å². The van der Waals surface area contributed by atoms with Gasteiger partial charge >= 0.3 is 0 Å². The summed E-state index contributed by atoms with van der Waals surface area (Å²) >= 11 is 6.27. The van der Waals surface area contributed by atoms with Crippen molar-refractivity contribution < 1.29 is 0 Å². The van der Waals surface area contributed by atoms with Crippen LogP contribution in [0.15, 0.2) is 12.1 Å². The zero-order valence-electron chi connectivity index (χ0n) is 9.20. The van der Waals surface area contributed by atoms with Gasteiger partial charge < -0.3 is 4.57 Å². The predicted octanol–water partition coefficient (Wildman–Crippen LogP) is 3.82. The summed E-state index contributed by atoms with van der Waals surface area (Å²) in [7, 11) is 0. The standard InChI is InChI=1S/C13H13ClN2/c1-7-4-10(14)12-11(5-7)16-9-3-2-8(6-9)13(16)15-12/h4-5,8-9H,2-3,6H2,1H3/t8-,9+/m1/s1. The van der Waals surface area contributed by atoms with Gasteiger partial charge in [-0.1, -0.05) is 11.6 Å². The Morgan fingerprint density at radius 3 is 3.12 bits per heavy atom. The lowest BCUT2D eigenvalue weighted by Gasteiger charge is -2.14. The Labute approximate surface area is 99.2 Å². The molecule has 3 heteroatoms. The van der Waals surface area contributed by atoms with E-state index < -0.39 is 0 Å². The maximum atomic E-state index is 6.27. The molecule has 2 nitrogen and oxygen atoms in total. The van der Waals surface area contributed by atoms with Crippen LogP contribution in [-0.4, -0.2) is 9.55 Å². The molecule has 0 saturated heterocycles. The highest BCUT2D eigenvalue weighted by Crippen LogP contribution is 2.50. The summed E-state index contributed by atoms with van der Waals surface area (Å²) in [5.74, 6) is 1.97. The minimum absolute atomic E-state index is 0.683. The van der Waals surface area contributed by atoms with Crippen molar-refractivity contribution in [1.29, 1.82) is 0 Å². The molecule has 1 aromatic carbocycles. The minimum atomic E-state index is 0.683. The number of aromatic nitrogens is 2. The number of hydrogen-bond acceptors (Lipinski definition) is 1.